The Morgan fingerprint density at radius 1 is 1.22 bits per heavy atom. The number of benzene rings is 1. The highest BCUT2D eigenvalue weighted by Gasteiger charge is 2.34. The quantitative estimate of drug-likeness (QED) is 0.572. The Labute approximate surface area is 137 Å². The zero-order chi connectivity index (χ0) is 16.7. The molecular weight excluding hydrogens is 292 g/mol. The third kappa shape index (κ3) is 4.58. The Morgan fingerprint density at radius 3 is 2.65 bits per heavy atom. The minimum atomic E-state index is -0.507. The van der Waals surface area contributed by atoms with E-state index in [9.17, 15) is 14.7 Å². The lowest BCUT2D eigenvalue weighted by Gasteiger charge is -2.15. The Balaban J connectivity index is 1.87. The normalized spacial score (nSPS) is 14.5. The summed E-state index contributed by atoms with van der Waals surface area (Å²) in [6.45, 7) is 3.18. The van der Waals surface area contributed by atoms with Crippen LogP contribution in [-0.2, 0) is 16.1 Å². The summed E-state index contributed by atoms with van der Waals surface area (Å²) in [6, 6.07) is 9.46. The molecule has 1 aliphatic rings. The number of aliphatic hydroxyl groups is 1. The summed E-state index contributed by atoms with van der Waals surface area (Å²) in [6.07, 6.45) is 4.21. The van der Waals surface area contributed by atoms with Crippen molar-refractivity contribution in [3.8, 4) is 0 Å². The SMILES string of the molecule is CCCCCCN1CC(O)=C(C(=O)NCc2ccccc2)C1=O. The summed E-state index contributed by atoms with van der Waals surface area (Å²) in [4.78, 5) is 26.0. The number of carbonyl (C=O) groups is 2. The average molecular weight is 316 g/mol. The van der Waals surface area contributed by atoms with Crippen molar-refractivity contribution < 1.29 is 14.7 Å². The smallest absolute Gasteiger partial charge is 0.263 e. The van der Waals surface area contributed by atoms with Gasteiger partial charge in [0.15, 0.2) is 0 Å². The van der Waals surface area contributed by atoms with Crippen molar-refractivity contribution in [1.29, 1.82) is 0 Å². The van der Waals surface area contributed by atoms with Crippen LogP contribution < -0.4 is 5.32 Å². The number of rotatable bonds is 8. The number of nitrogens with zero attached hydrogens (tertiary/aromatic N) is 1. The van der Waals surface area contributed by atoms with Crippen molar-refractivity contribution in [2.24, 2.45) is 0 Å². The molecule has 2 rings (SSSR count). The average Bonchev–Trinajstić information content (AvgIpc) is 2.84. The Kier molecular flexibility index (Phi) is 6.20. The Morgan fingerprint density at radius 2 is 1.96 bits per heavy atom. The van der Waals surface area contributed by atoms with Crippen LogP contribution in [0.1, 0.15) is 38.2 Å². The predicted octanol–water partition coefficient (Wildman–Crippen LogP) is 2.54. The molecule has 1 aliphatic heterocycles. The van der Waals surface area contributed by atoms with Gasteiger partial charge >= 0.3 is 0 Å². The van der Waals surface area contributed by atoms with Crippen molar-refractivity contribution in [3.05, 3.63) is 47.2 Å². The molecule has 0 unspecified atom stereocenters. The molecule has 1 aromatic carbocycles. The van der Waals surface area contributed by atoms with Crippen molar-refractivity contribution in [2.75, 3.05) is 13.1 Å². The van der Waals surface area contributed by atoms with Gasteiger partial charge in [0.25, 0.3) is 11.8 Å². The fourth-order valence-electron chi connectivity index (χ4n) is 2.62. The molecule has 0 aliphatic carbocycles. The number of aliphatic hydroxyl groups excluding tert-OH is 1. The monoisotopic (exact) mass is 316 g/mol. The number of hydrogen-bond donors (Lipinski definition) is 2. The number of amides is 2. The van der Waals surface area contributed by atoms with Crippen LogP contribution in [-0.4, -0.2) is 34.9 Å². The van der Waals surface area contributed by atoms with Gasteiger partial charge in [-0.05, 0) is 12.0 Å². The highest BCUT2D eigenvalue weighted by atomic mass is 16.3. The molecule has 0 saturated carbocycles. The van der Waals surface area contributed by atoms with Crippen molar-refractivity contribution in [3.63, 3.8) is 0 Å². The van der Waals surface area contributed by atoms with E-state index in [1.165, 1.54) is 0 Å². The summed E-state index contributed by atoms with van der Waals surface area (Å²) in [5.74, 6) is -1.01. The second-order valence-corrected chi connectivity index (χ2v) is 5.78. The molecule has 0 spiro atoms. The molecule has 2 amide bonds. The fraction of sp³-hybridized carbons (Fsp3) is 0.444. The van der Waals surface area contributed by atoms with E-state index in [0.717, 1.165) is 31.2 Å². The van der Waals surface area contributed by atoms with E-state index in [-0.39, 0.29) is 23.8 Å². The van der Waals surface area contributed by atoms with Crippen LogP contribution >= 0.6 is 0 Å². The molecule has 124 valence electrons. The molecule has 0 aromatic heterocycles. The topological polar surface area (TPSA) is 69.6 Å². The fourth-order valence-corrected chi connectivity index (χ4v) is 2.62. The third-order valence-electron chi connectivity index (χ3n) is 3.93. The maximum atomic E-state index is 12.3. The lowest BCUT2D eigenvalue weighted by molar-refractivity contribution is -0.128. The molecule has 0 saturated heterocycles. The molecule has 23 heavy (non-hydrogen) atoms. The van der Waals surface area contributed by atoms with Gasteiger partial charge in [-0.1, -0.05) is 56.5 Å². The summed E-state index contributed by atoms with van der Waals surface area (Å²) in [7, 11) is 0. The summed E-state index contributed by atoms with van der Waals surface area (Å²) < 4.78 is 0. The van der Waals surface area contributed by atoms with Crippen LogP contribution in [0, 0.1) is 0 Å². The van der Waals surface area contributed by atoms with Crippen LogP contribution in [0.25, 0.3) is 0 Å². The van der Waals surface area contributed by atoms with E-state index in [4.69, 9.17) is 0 Å². The van der Waals surface area contributed by atoms with Gasteiger partial charge in [0, 0.05) is 13.1 Å². The number of unbranched alkanes of at least 4 members (excludes halogenated alkanes) is 3. The van der Waals surface area contributed by atoms with Gasteiger partial charge in [-0.3, -0.25) is 9.59 Å². The first kappa shape index (κ1) is 17.1. The molecule has 5 nitrogen and oxygen atoms in total. The van der Waals surface area contributed by atoms with Gasteiger partial charge in [0.2, 0.25) is 0 Å². The highest BCUT2D eigenvalue weighted by molar-refractivity contribution is 6.20. The summed E-state index contributed by atoms with van der Waals surface area (Å²) in [5.41, 5.74) is 0.833. The summed E-state index contributed by atoms with van der Waals surface area (Å²) >= 11 is 0. The van der Waals surface area contributed by atoms with E-state index < -0.39 is 5.91 Å². The van der Waals surface area contributed by atoms with Gasteiger partial charge < -0.3 is 15.3 Å². The maximum Gasteiger partial charge on any atom is 0.263 e. The maximum absolute atomic E-state index is 12.3. The van der Waals surface area contributed by atoms with Gasteiger partial charge in [0.1, 0.15) is 11.3 Å². The van der Waals surface area contributed by atoms with Crippen LogP contribution in [0.5, 0.6) is 0 Å². The van der Waals surface area contributed by atoms with E-state index >= 15 is 0 Å². The molecule has 0 bridgehead atoms. The van der Waals surface area contributed by atoms with Gasteiger partial charge in [0.05, 0.1) is 6.54 Å². The van der Waals surface area contributed by atoms with Crippen LogP contribution in [0.2, 0.25) is 0 Å². The number of carbonyl (C=O) groups excluding carboxylic acids is 2. The number of nitrogens with one attached hydrogen (secondary N) is 1. The largest absolute Gasteiger partial charge is 0.509 e. The van der Waals surface area contributed by atoms with Gasteiger partial charge in [-0.25, -0.2) is 0 Å². The lowest BCUT2D eigenvalue weighted by atomic mass is 10.2. The molecule has 0 radical (unpaired) electrons. The van der Waals surface area contributed by atoms with Crippen LogP contribution in [0.4, 0.5) is 0 Å². The minimum Gasteiger partial charge on any atom is -0.509 e. The standard InChI is InChI=1S/C18H24N2O3/c1-2-3-4-8-11-20-13-15(21)16(18(20)23)17(22)19-12-14-9-6-5-7-10-14/h5-7,9-10,21H,2-4,8,11-13H2,1H3,(H,19,22). The second kappa shape index (κ2) is 8.36. The number of hydrogen-bond acceptors (Lipinski definition) is 3. The molecule has 0 fully saturated rings. The molecule has 1 aromatic rings. The van der Waals surface area contributed by atoms with Crippen molar-refractivity contribution >= 4 is 11.8 Å². The van der Waals surface area contributed by atoms with Crippen molar-refractivity contribution in [2.45, 2.75) is 39.2 Å². The lowest BCUT2D eigenvalue weighted by Crippen LogP contribution is -2.33. The zero-order valence-corrected chi connectivity index (χ0v) is 13.5. The first-order valence-electron chi connectivity index (χ1n) is 8.17. The van der Waals surface area contributed by atoms with Crippen LogP contribution in [0.15, 0.2) is 41.7 Å². The van der Waals surface area contributed by atoms with Crippen molar-refractivity contribution in [1.82, 2.24) is 10.2 Å². The molecule has 2 N–H and O–H groups in total. The first-order valence-corrected chi connectivity index (χ1v) is 8.17. The predicted molar refractivity (Wildman–Crippen MR) is 88.7 cm³/mol. The van der Waals surface area contributed by atoms with E-state index in [1.807, 2.05) is 30.3 Å². The molecule has 0 atom stereocenters. The second-order valence-electron chi connectivity index (χ2n) is 5.78. The molecule has 1 heterocycles. The van der Waals surface area contributed by atoms with Crippen LogP contribution in [0.3, 0.4) is 0 Å². The highest BCUT2D eigenvalue weighted by Crippen LogP contribution is 2.18. The van der Waals surface area contributed by atoms with Gasteiger partial charge in [-0.2, -0.15) is 0 Å². The summed E-state index contributed by atoms with van der Waals surface area (Å²) in [5, 5.41) is 12.7. The Bertz CT molecular complexity index is 581. The molecule has 5 heteroatoms. The Hall–Kier alpha value is -2.30. The minimum absolute atomic E-state index is 0.114. The van der Waals surface area contributed by atoms with Gasteiger partial charge in [-0.15, -0.1) is 0 Å². The first-order chi connectivity index (χ1) is 11.1. The van der Waals surface area contributed by atoms with E-state index in [0.29, 0.717) is 13.1 Å². The molecular formula is C18H24N2O3. The zero-order valence-electron chi connectivity index (χ0n) is 13.5. The van der Waals surface area contributed by atoms with E-state index in [2.05, 4.69) is 12.2 Å². The third-order valence-corrected chi connectivity index (χ3v) is 3.93. The van der Waals surface area contributed by atoms with E-state index in [1.54, 1.807) is 4.90 Å².